The molecule has 26 heavy (non-hydrogen) atoms. The second-order valence-corrected chi connectivity index (χ2v) is 8.31. The van der Waals surface area contributed by atoms with Crippen molar-refractivity contribution in [1.29, 1.82) is 0 Å². The Labute approximate surface area is 174 Å². The molecule has 0 amide bonds. The topological polar surface area (TPSA) is 17.3 Å². The van der Waals surface area contributed by atoms with E-state index in [9.17, 15) is 4.39 Å². The Morgan fingerprint density at radius 2 is 1.81 bits per heavy atom. The van der Waals surface area contributed by atoms with Crippen LogP contribution in [-0.4, -0.2) is 35.9 Å². The largest absolute Gasteiger partial charge is 1.00 e. The standard InChI is InChI=1S/C20H21FN3S.HI/c1-24(2,3)13-17-9-8-16-12-22-19(14-4-6-15(21)7-5-14)18-10-11-25-20(18)23(16)17;/h4-11H,12-13H2,1-3H3;1H/q+1;/p-1. The van der Waals surface area contributed by atoms with Gasteiger partial charge in [-0.25, -0.2) is 4.39 Å². The van der Waals surface area contributed by atoms with E-state index >= 15 is 0 Å². The lowest BCUT2D eigenvalue weighted by atomic mass is 10.0. The number of aromatic nitrogens is 1. The van der Waals surface area contributed by atoms with Crippen molar-refractivity contribution < 1.29 is 32.9 Å². The van der Waals surface area contributed by atoms with Gasteiger partial charge in [-0.05, 0) is 47.8 Å². The van der Waals surface area contributed by atoms with E-state index in [1.165, 1.54) is 28.5 Å². The Morgan fingerprint density at radius 1 is 1.08 bits per heavy atom. The fraction of sp³-hybridized carbons (Fsp3) is 0.250. The summed E-state index contributed by atoms with van der Waals surface area (Å²) in [6.45, 7) is 1.58. The summed E-state index contributed by atoms with van der Waals surface area (Å²) in [5.41, 5.74) is 5.51. The van der Waals surface area contributed by atoms with Crippen LogP contribution in [0.5, 0.6) is 0 Å². The third-order valence-electron chi connectivity index (χ3n) is 4.30. The van der Waals surface area contributed by atoms with Gasteiger partial charge in [0, 0.05) is 16.8 Å². The first-order valence-corrected chi connectivity index (χ1v) is 9.19. The van der Waals surface area contributed by atoms with Crippen LogP contribution in [-0.2, 0) is 13.1 Å². The molecule has 136 valence electrons. The van der Waals surface area contributed by atoms with Crippen LogP contribution < -0.4 is 24.0 Å². The van der Waals surface area contributed by atoms with Crippen molar-refractivity contribution >= 4 is 17.0 Å². The summed E-state index contributed by atoms with van der Waals surface area (Å²) in [4.78, 5) is 4.86. The lowest BCUT2D eigenvalue weighted by Gasteiger charge is -2.24. The molecule has 3 aromatic rings. The summed E-state index contributed by atoms with van der Waals surface area (Å²) in [7, 11) is 6.60. The van der Waals surface area contributed by atoms with Crippen LogP contribution >= 0.6 is 11.3 Å². The zero-order chi connectivity index (χ0) is 17.6. The first-order valence-electron chi connectivity index (χ1n) is 8.31. The number of benzene rings is 1. The molecule has 0 unspecified atom stereocenters. The molecule has 6 heteroatoms. The molecule has 1 aromatic carbocycles. The maximum atomic E-state index is 13.3. The fourth-order valence-electron chi connectivity index (χ4n) is 3.27. The maximum Gasteiger partial charge on any atom is 0.123 e. The summed E-state index contributed by atoms with van der Waals surface area (Å²) in [6, 6.07) is 13.1. The molecule has 0 aliphatic carbocycles. The van der Waals surface area contributed by atoms with E-state index in [-0.39, 0.29) is 29.8 Å². The third kappa shape index (κ3) is 3.63. The van der Waals surface area contributed by atoms with Gasteiger partial charge < -0.3 is 33.0 Å². The fourth-order valence-corrected chi connectivity index (χ4v) is 4.24. The molecule has 2 aromatic heterocycles. The van der Waals surface area contributed by atoms with Gasteiger partial charge in [-0.3, -0.25) is 4.99 Å². The maximum absolute atomic E-state index is 13.3. The quantitative estimate of drug-likeness (QED) is 0.396. The Kier molecular flexibility index (Phi) is 5.37. The highest BCUT2D eigenvalue weighted by molar-refractivity contribution is 7.13. The highest BCUT2D eigenvalue weighted by Gasteiger charge is 2.24. The smallest absolute Gasteiger partial charge is 0.123 e. The molecule has 4 rings (SSSR count). The van der Waals surface area contributed by atoms with E-state index in [0.717, 1.165) is 27.9 Å². The summed E-state index contributed by atoms with van der Waals surface area (Å²) in [5, 5.41) is 3.30. The normalized spacial score (nSPS) is 13.3. The lowest BCUT2D eigenvalue weighted by molar-refractivity contribution is -0.884. The average Bonchev–Trinajstić information content (AvgIpc) is 3.12. The van der Waals surface area contributed by atoms with Crippen molar-refractivity contribution in [1.82, 2.24) is 4.57 Å². The molecular weight excluding hydrogens is 460 g/mol. The van der Waals surface area contributed by atoms with E-state index in [1.54, 1.807) is 11.3 Å². The molecule has 3 heterocycles. The van der Waals surface area contributed by atoms with Crippen LogP contribution in [0.25, 0.3) is 5.00 Å². The minimum Gasteiger partial charge on any atom is -1.00 e. The Balaban J connectivity index is 0.00000196. The molecule has 1 aliphatic rings. The number of aliphatic imine (C=N–C) groups is 1. The molecule has 0 saturated carbocycles. The molecule has 0 fully saturated rings. The molecular formula is C20H21FIN3S. The zero-order valence-corrected chi connectivity index (χ0v) is 18.0. The summed E-state index contributed by atoms with van der Waals surface area (Å²) < 4.78 is 16.5. The Hall–Kier alpha value is -1.51. The van der Waals surface area contributed by atoms with Crippen LogP contribution in [0.3, 0.4) is 0 Å². The second-order valence-electron chi connectivity index (χ2n) is 7.41. The first-order chi connectivity index (χ1) is 11.9. The highest BCUT2D eigenvalue weighted by Crippen LogP contribution is 2.32. The number of hydrogen-bond acceptors (Lipinski definition) is 2. The number of halogens is 2. The van der Waals surface area contributed by atoms with Gasteiger partial charge in [0.1, 0.15) is 17.4 Å². The third-order valence-corrected chi connectivity index (χ3v) is 5.20. The van der Waals surface area contributed by atoms with Crippen molar-refractivity contribution in [2.45, 2.75) is 13.1 Å². The van der Waals surface area contributed by atoms with Gasteiger partial charge in [0.05, 0.1) is 39.1 Å². The number of quaternary nitrogens is 1. The molecule has 0 saturated heterocycles. The van der Waals surface area contributed by atoms with E-state index in [4.69, 9.17) is 4.99 Å². The highest BCUT2D eigenvalue weighted by atomic mass is 127. The molecule has 1 aliphatic heterocycles. The van der Waals surface area contributed by atoms with Gasteiger partial charge in [0.2, 0.25) is 0 Å². The number of fused-ring (bicyclic) bond motifs is 3. The average molecular weight is 481 g/mol. The van der Waals surface area contributed by atoms with Crippen molar-refractivity contribution in [3.05, 3.63) is 76.2 Å². The zero-order valence-electron chi connectivity index (χ0n) is 15.0. The van der Waals surface area contributed by atoms with Crippen molar-refractivity contribution in [2.75, 3.05) is 21.1 Å². The van der Waals surface area contributed by atoms with Gasteiger partial charge in [0.15, 0.2) is 0 Å². The van der Waals surface area contributed by atoms with E-state index in [2.05, 4.69) is 49.3 Å². The number of rotatable bonds is 3. The van der Waals surface area contributed by atoms with E-state index in [1.807, 2.05) is 12.1 Å². The van der Waals surface area contributed by atoms with Gasteiger partial charge >= 0.3 is 0 Å². The van der Waals surface area contributed by atoms with Crippen molar-refractivity contribution in [2.24, 2.45) is 4.99 Å². The van der Waals surface area contributed by atoms with Crippen molar-refractivity contribution in [3.8, 4) is 5.00 Å². The first kappa shape index (κ1) is 19.3. The van der Waals surface area contributed by atoms with Gasteiger partial charge in [-0.15, -0.1) is 11.3 Å². The van der Waals surface area contributed by atoms with Gasteiger partial charge in [0.25, 0.3) is 0 Å². The van der Waals surface area contributed by atoms with Crippen molar-refractivity contribution in [3.63, 3.8) is 0 Å². The predicted octanol–water partition coefficient (Wildman–Crippen LogP) is 1.24. The summed E-state index contributed by atoms with van der Waals surface area (Å²) in [5.74, 6) is -0.222. The lowest BCUT2D eigenvalue weighted by Crippen LogP contribution is -3.00. The van der Waals surface area contributed by atoms with Gasteiger partial charge in [-0.1, -0.05) is 0 Å². The molecule has 3 nitrogen and oxygen atoms in total. The number of hydrogen-bond donors (Lipinski definition) is 0. The number of nitrogens with zero attached hydrogens (tertiary/aromatic N) is 3. The summed E-state index contributed by atoms with van der Waals surface area (Å²) in [6.07, 6.45) is 0. The Morgan fingerprint density at radius 3 is 2.50 bits per heavy atom. The predicted molar refractivity (Wildman–Crippen MR) is 101 cm³/mol. The van der Waals surface area contributed by atoms with Crippen LogP contribution in [0.1, 0.15) is 22.5 Å². The van der Waals surface area contributed by atoms with E-state index in [0.29, 0.717) is 6.54 Å². The molecule has 0 bridgehead atoms. The second kappa shape index (κ2) is 7.25. The molecule has 0 spiro atoms. The Bertz CT molecular complexity index is 948. The molecule has 0 N–H and O–H groups in total. The number of thiophene rings is 1. The van der Waals surface area contributed by atoms with Gasteiger partial charge in [-0.2, -0.15) is 0 Å². The summed E-state index contributed by atoms with van der Waals surface area (Å²) >= 11 is 1.73. The van der Waals surface area contributed by atoms with Crippen LogP contribution in [0.2, 0.25) is 0 Å². The minimum atomic E-state index is -0.222. The molecule has 0 radical (unpaired) electrons. The van der Waals surface area contributed by atoms with E-state index < -0.39 is 0 Å². The molecule has 0 atom stereocenters. The monoisotopic (exact) mass is 481 g/mol. The van der Waals surface area contributed by atoms with Crippen LogP contribution in [0.4, 0.5) is 4.39 Å². The SMILES string of the molecule is C[N+](C)(C)Cc1ccc2n1-c1sccc1C(c1ccc(F)cc1)=NC2.[I-]. The minimum absolute atomic E-state index is 0. The van der Waals surface area contributed by atoms with Crippen LogP contribution in [0.15, 0.2) is 52.8 Å². The van der Waals surface area contributed by atoms with Crippen LogP contribution in [0, 0.1) is 5.82 Å².